The van der Waals surface area contributed by atoms with Gasteiger partial charge in [0.1, 0.15) is 0 Å². The van der Waals surface area contributed by atoms with Crippen molar-refractivity contribution in [2.45, 2.75) is 46.5 Å². The smallest absolute Gasteiger partial charge is 0.0250 e. The van der Waals surface area contributed by atoms with E-state index in [9.17, 15) is 0 Å². The summed E-state index contributed by atoms with van der Waals surface area (Å²) >= 11 is 3.76. The quantitative estimate of drug-likeness (QED) is 0.487. The molecule has 2 aromatic carbocycles. The van der Waals surface area contributed by atoms with Crippen molar-refractivity contribution < 1.29 is 0 Å². The first-order valence-electron chi connectivity index (χ1n) is 9.59. The van der Waals surface area contributed by atoms with Crippen LogP contribution in [0.4, 0.5) is 0 Å². The van der Waals surface area contributed by atoms with Crippen LogP contribution in [-0.2, 0) is 0 Å². The molecular formula is C25H27Br. The number of allylic oxidation sites excluding steroid dienone is 2. The van der Waals surface area contributed by atoms with E-state index in [1.54, 1.807) is 5.57 Å². The van der Waals surface area contributed by atoms with Gasteiger partial charge in [-0.05, 0) is 46.6 Å². The fraction of sp³-hybridized carbons (Fsp3) is 0.360. The molecule has 0 radical (unpaired) electrons. The first-order chi connectivity index (χ1) is 12.3. The molecule has 0 aromatic heterocycles. The van der Waals surface area contributed by atoms with Crippen LogP contribution in [0, 0.1) is 11.3 Å². The molecule has 2 aromatic rings. The monoisotopic (exact) mass is 406 g/mol. The first kappa shape index (κ1) is 17.8. The van der Waals surface area contributed by atoms with Gasteiger partial charge in [-0.2, -0.15) is 0 Å². The number of benzene rings is 2. The molecule has 2 aliphatic rings. The van der Waals surface area contributed by atoms with E-state index >= 15 is 0 Å². The van der Waals surface area contributed by atoms with E-state index in [0.717, 1.165) is 0 Å². The Morgan fingerprint density at radius 3 is 2.31 bits per heavy atom. The molecule has 26 heavy (non-hydrogen) atoms. The summed E-state index contributed by atoms with van der Waals surface area (Å²) in [6, 6.07) is 15.6. The lowest BCUT2D eigenvalue weighted by Crippen LogP contribution is -2.31. The lowest BCUT2D eigenvalue weighted by molar-refractivity contribution is 0.266. The zero-order valence-corrected chi connectivity index (χ0v) is 17.9. The third-order valence-electron chi connectivity index (χ3n) is 6.34. The summed E-state index contributed by atoms with van der Waals surface area (Å²) in [5.41, 5.74) is 8.89. The van der Waals surface area contributed by atoms with Gasteiger partial charge in [0, 0.05) is 16.3 Å². The van der Waals surface area contributed by atoms with Crippen LogP contribution in [-0.4, -0.2) is 0 Å². The van der Waals surface area contributed by atoms with Gasteiger partial charge >= 0.3 is 0 Å². The highest BCUT2D eigenvalue weighted by molar-refractivity contribution is 9.10. The molecule has 2 unspecified atom stereocenters. The SMILES string of the molecule is CC1=Cc2c(Br)cccc2C1C(C)(C)C1C(C(C)C)=Cc2ccccc21. The Morgan fingerprint density at radius 1 is 0.885 bits per heavy atom. The topological polar surface area (TPSA) is 0 Å². The fourth-order valence-electron chi connectivity index (χ4n) is 5.35. The van der Waals surface area contributed by atoms with E-state index in [2.05, 4.69) is 105 Å². The molecule has 0 N–H and O–H groups in total. The predicted octanol–water partition coefficient (Wildman–Crippen LogP) is 7.81. The van der Waals surface area contributed by atoms with Gasteiger partial charge in [0.15, 0.2) is 0 Å². The lowest BCUT2D eigenvalue weighted by atomic mass is 9.61. The molecule has 0 nitrogen and oxygen atoms in total. The van der Waals surface area contributed by atoms with Gasteiger partial charge in [-0.15, -0.1) is 0 Å². The van der Waals surface area contributed by atoms with E-state index in [0.29, 0.717) is 17.8 Å². The zero-order chi connectivity index (χ0) is 18.6. The normalized spacial score (nSPS) is 21.5. The Morgan fingerprint density at radius 2 is 1.58 bits per heavy atom. The van der Waals surface area contributed by atoms with Crippen LogP contribution in [0.1, 0.15) is 68.7 Å². The Balaban J connectivity index is 1.87. The number of hydrogen-bond donors (Lipinski definition) is 0. The molecule has 0 fully saturated rings. The van der Waals surface area contributed by atoms with Gasteiger partial charge in [-0.1, -0.05) is 103 Å². The van der Waals surface area contributed by atoms with E-state index in [4.69, 9.17) is 0 Å². The maximum Gasteiger partial charge on any atom is 0.0250 e. The molecule has 2 aliphatic carbocycles. The van der Waals surface area contributed by atoms with Crippen LogP contribution in [0.2, 0.25) is 0 Å². The third kappa shape index (κ3) is 2.55. The van der Waals surface area contributed by atoms with Gasteiger partial charge in [0.25, 0.3) is 0 Å². The summed E-state index contributed by atoms with van der Waals surface area (Å²) in [6.45, 7) is 11.9. The second-order valence-electron chi connectivity index (χ2n) is 8.75. The van der Waals surface area contributed by atoms with Crippen LogP contribution in [0.5, 0.6) is 0 Å². The standard InChI is InChI=1S/C25H27Br/c1-15(2)20-14-17-9-6-7-10-18(17)24(20)25(4,5)23-16(3)13-21-19(23)11-8-12-22(21)26/h6-15,23-24H,1-5H3. The number of hydrogen-bond acceptors (Lipinski definition) is 0. The molecule has 0 aliphatic heterocycles. The molecular weight excluding hydrogens is 380 g/mol. The number of rotatable bonds is 3. The van der Waals surface area contributed by atoms with Crippen molar-refractivity contribution in [3.63, 3.8) is 0 Å². The van der Waals surface area contributed by atoms with Gasteiger partial charge in [-0.25, -0.2) is 0 Å². The maximum atomic E-state index is 3.76. The summed E-state index contributed by atoms with van der Waals surface area (Å²) in [6.07, 6.45) is 4.83. The van der Waals surface area contributed by atoms with Crippen molar-refractivity contribution in [1.82, 2.24) is 0 Å². The van der Waals surface area contributed by atoms with Crippen LogP contribution < -0.4 is 0 Å². The van der Waals surface area contributed by atoms with E-state index in [1.165, 1.54) is 32.3 Å². The minimum atomic E-state index is 0.106. The Kier molecular flexibility index (Phi) is 4.27. The van der Waals surface area contributed by atoms with Crippen molar-refractivity contribution in [1.29, 1.82) is 0 Å². The first-order valence-corrected chi connectivity index (χ1v) is 10.4. The summed E-state index contributed by atoms with van der Waals surface area (Å²) in [5, 5.41) is 0. The van der Waals surface area contributed by atoms with E-state index in [-0.39, 0.29) is 5.41 Å². The molecule has 134 valence electrons. The maximum absolute atomic E-state index is 3.76. The van der Waals surface area contributed by atoms with Gasteiger partial charge < -0.3 is 0 Å². The highest BCUT2D eigenvalue weighted by Gasteiger charge is 2.46. The van der Waals surface area contributed by atoms with Crippen LogP contribution in [0.3, 0.4) is 0 Å². The van der Waals surface area contributed by atoms with E-state index < -0.39 is 0 Å². The van der Waals surface area contributed by atoms with Crippen molar-refractivity contribution in [3.05, 3.63) is 80.3 Å². The average molecular weight is 407 g/mol. The zero-order valence-electron chi connectivity index (χ0n) is 16.3. The summed E-state index contributed by atoms with van der Waals surface area (Å²) < 4.78 is 1.21. The van der Waals surface area contributed by atoms with Gasteiger partial charge in [-0.3, -0.25) is 0 Å². The Bertz CT molecular complexity index is 927. The number of fused-ring (bicyclic) bond motifs is 2. The second kappa shape index (κ2) is 6.23. The molecule has 0 saturated carbocycles. The molecule has 4 rings (SSSR count). The van der Waals surface area contributed by atoms with Crippen LogP contribution in [0.15, 0.2) is 58.1 Å². The van der Waals surface area contributed by atoms with Crippen LogP contribution >= 0.6 is 15.9 Å². The summed E-state index contributed by atoms with van der Waals surface area (Å²) in [5.74, 6) is 1.45. The fourth-order valence-corrected chi connectivity index (χ4v) is 5.84. The van der Waals surface area contributed by atoms with Crippen molar-refractivity contribution in [3.8, 4) is 0 Å². The minimum Gasteiger partial charge on any atom is -0.0646 e. The molecule has 0 bridgehead atoms. The third-order valence-corrected chi connectivity index (χ3v) is 7.03. The highest BCUT2D eigenvalue weighted by Crippen LogP contribution is 2.59. The lowest BCUT2D eigenvalue weighted by Gasteiger charge is -2.42. The molecule has 0 amide bonds. The highest BCUT2D eigenvalue weighted by atomic mass is 79.9. The van der Waals surface area contributed by atoms with E-state index in [1.807, 2.05) is 0 Å². The minimum absolute atomic E-state index is 0.106. The molecule has 1 heteroatoms. The number of halogens is 1. The van der Waals surface area contributed by atoms with Crippen molar-refractivity contribution in [2.75, 3.05) is 0 Å². The molecule has 0 spiro atoms. The Labute approximate surface area is 166 Å². The predicted molar refractivity (Wildman–Crippen MR) is 116 cm³/mol. The van der Waals surface area contributed by atoms with Crippen molar-refractivity contribution >= 4 is 28.1 Å². The summed E-state index contributed by atoms with van der Waals surface area (Å²) in [7, 11) is 0. The van der Waals surface area contributed by atoms with Crippen LogP contribution in [0.25, 0.3) is 12.2 Å². The Hall–Kier alpha value is -1.60. The van der Waals surface area contributed by atoms with Gasteiger partial charge in [0.05, 0.1) is 0 Å². The summed E-state index contributed by atoms with van der Waals surface area (Å²) in [4.78, 5) is 0. The van der Waals surface area contributed by atoms with Gasteiger partial charge in [0.2, 0.25) is 0 Å². The molecule has 2 atom stereocenters. The molecule has 0 saturated heterocycles. The van der Waals surface area contributed by atoms with Crippen molar-refractivity contribution in [2.24, 2.45) is 11.3 Å². The average Bonchev–Trinajstić information content (AvgIpc) is 3.14. The second-order valence-corrected chi connectivity index (χ2v) is 9.60. The molecule has 0 heterocycles. The largest absolute Gasteiger partial charge is 0.0646 e.